The third kappa shape index (κ3) is 7.80. The molecular weight excluding hydrogens is 178 g/mol. The molecule has 0 saturated carbocycles. The van der Waals surface area contributed by atoms with Gasteiger partial charge in [-0.05, 0) is 46.8 Å². The third-order valence-corrected chi connectivity index (χ3v) is 1.83. The van der Waals surface area contributed by atoms with Crippen molar-refractivity contribution in [2.45, 2.75) is 26.2 Å². The smallest absolute Gasteiger partial charge is 0.333 e. The number of unbranched alkanes of at least 4 members (excludes halogenated alkanes) is 2. The lowest BCUT2D eigenvalue weighted by Crippen LogP contribution is -2.13. The van der Waals surface area contributed by atoms with Gasteiger partial charge in [-0.2, -0.15) is 0 Å². The van der Waals surface area contributed by atoms with Crippen LogP contribution in [0.15, 0.2) is 12.2 Å². The molecule has 0 aromatic rings. The van der Waals surface area contributed by atoms with Gasteiger partial charge in [-0.25, -0.2) is 4.79 Å². The highest BCUT2D eigenvalue weighted by Crippen LogP contribution is 1.99. The van der Waals surface area contributed by atoms with Gasteiger partial charge >= 0.3 is 5.97 Å². The maximum absolute atomic E-state index is 11.0. The lowest BCUT2D eigenvalue weighted by Gasteiger charge is -2.08. The molecule has 0 atom stereocenters. The van der Waals surface area contributed by atoms with Crippen molar-refractivity contribution in [3.8, 4) is 0 Å². The summed E-state index contributed by atoms with van der Waals surface area (Å²) in [6, 6.07) is 0. The Morgan fingerprint density at radius 2 is 1.93 bits per heavy atom. The van der Waals surface area contributed by atoms with Gasteiger partial charge in [0.2, 0.25) is 0 Å². The second-order valence-electron chi connectivity index (χ2n) is 3.78. The number of ether oxygens (including phenoxy) is 1. The normalized spacial score (nSPS) is 10.3. The van der Waals surface area contributed by atoms with E-state index < -0.39 is 0 Å². The Morgan fingerprint density at radius 3 is 2.43 bits per heavy atom. The van der Waals surface area contributed by atoms with Crippen molar-refractivity contribution in [2.75, 3.05) is 27.2 Å². The highest BCUT2D eigenvalue weighted by molar-refractivity contribution is 5.86. The predicted octanol–water partition coefficient (Wildman–Crippen LogP) is 1.84. The van der Waals surface area contributed by atoms with Gasteiger partial charge in [0.25, 0.3) is 0 Å². The minimum absolute atomic E-state index is 0.280. The zero-order valence-corrected chi connectivity index (χ0v) is 9.51. The van der Waals surface area contributed by atoms with Crippen LogP contribution in [-0.4, -0.2) is 38.1 Å². The number of nitrogens with zero attached hydrogens (tertiary/aromatic N) is 1. The van der Waals surface area contributed by atoms with Crippen LogP contribution in [0, 0.1) is 0 Å². The summed E-state index contributed by atoms with van der Waals surface area (Å²) in [6.07, 6.45) is 3.19. The Balaban J connectivity index is 3.22. The summed E-state index contributed by atoms with van der Waals surface area (Å²) < 4.78 is 4.96. The van der Waals surface area contributed by atoms with Crippen LogP contribution in [-0.2, 0) is 9.53 Å². The molecule has 0 unspecified atom stereocenters. The molecule has 0 radical (unpaired) electrons. The Hall–Kier alpha value is -0.830. The average molecular weight is 199 g/mol. The van der Waals surface area contributed by atoms with Crippen molar-refractivity contribution >= 4 is 5.97 Å². The van der Waals surface area contributed by atoms with Crippen LogP contribution in [0.25, 0.3) is 0 Å². The number of carbonyl (C=O) groups excluding carboxylic acids is 1. The molecule has 3 heteroatoms. The maximum atomic E-state index is 11.0. The first-order valence-electron chi connectivity index (χ1n) is 5.01. The van der Waals surface area contributed by atoms with E-state index in [1.807, 2.05) is 0 Å². The van der Waals surface area contributed by atoms with Crippen molar-refractivity contribution in [1.29, 1.82) is 0 Å². The Bertz CT molecular complexity index is 188. The second-order valence-corrected chi connectivity index (χ2v) is 3.78. The number of esters is 1. The first-order chi connectivity index (χ1) is 6.54. The van der Waals surface area contributed by atoms with Gasteiger partial charge in [0.1, 0.15) is 0 Å². The largest absolute Gasteiger partial charge is 0.462 e. The average Bonchev–Trinajstić information content (AvgIpc) is 2.09. The Labute approximate surface area is 86.7 Å². The van der Waals surface area contributed by atoms with Crippen LogP contribution >= 0.6 is 0 Å². The van der Waals surface area contributed by atoms with E-state index >= 15 is 0 Å². The molecule has 0 aliphatic heterocycles. The number of carbonyl (C=O) groups is 1. The number of rotatable bonds is 7. The lowest BCUT2D eigenvalue weighted by molar-refractivity contribution is -0.139. The van der Waals surface area contributed by atoms with Gasteiger partial charge in [0.05, 0.1) is 6.61 Å². The molecule has 0 spiro atoms. The van der Waals surface area contributed by atoms with E-state index in [0.29, 0.717) is 12.2 Å². The molecule has 0 bridgehead atoms. The third-order valence-electron chi connectivity index (χ3n) is 1.83. The molecule has 0 saturated heterocycles. The van der Waals surface area contributed by atoms with Crippen molar-refractivity contribution in [1.82, 2.24) is 4.90 Å². The Morgan fingerprint density at radius 1 is 1.29 bits per heavy atom. The predicted molar refractivity (Wildman–Crippen MR) is 58.2 cm³/mol. The van der Waals surface area contributed by atoms with Gasteiger partial charge in [-0.15, -0.1) is 0 Å². The quantitative estimate of drug-likeness (QED) is 0.356. The van der Waals surface area contributed by atoms with E-state index in [1.54, 1.807) is 6.92 Å². The minimum atomic E-state index is -0.280. The minimum Gasteiger partial charge on any atom is -0.462 e. The van der Waals surface area contributed by atoms with E-state index in [9.17, 15) is 4.79 Å². The summed E-state index contributed by atoms with van der Waals surface area (Å²) in [6.45, 7) is 6.78. The highest BCUT2D eigenvalue weighted by Gasteiger charge is 2.01. The summed E-state index contributed by atoms with van der Waals surface area (Å²) in [7, 11) is 4.11. The van der Waals surface area contributed by atoms with E-state index in [-0.39, 0.29) is 5.97 Å². The molecule has 3 nitrogen and oxygen atoms in total. The van der Waals surface area contributed by atoms with Gasteiger partial charge in [-0.1, -0.05) is 6.58 Å². The molecule has 0 aliphatic carbocycles. The molecule has 0 rings (SSSR count). The van der Waals surface area contributed by atoms with Crippen LogP contribution in [0.3, 0.4) is 0 Å². The molecule has 82 valence electrons. The first-order valence-corrected chi connectivity index (χ1v) is 5.01. The molecule has 0 aliphatic rings. The van der Waals surface area contributed by atoms with Crippen LogP contribution in [0.2, 0.25) is 0 Å². The zero-order valence-electron chi connectivity index (χ0n) is 9.51. The summed E-state index contributed by atoms with van der Waals surface area (Å²) in [5.41, 5.74) is 0.471. The molecular formula is C11H21NO2. The lowest BCUT2D eigenvalue weighted by atomic mass is 10.2. The van der Waals surface area contributed by atoms with Crippen molar-refractivity contribution in [3.63, 3.8) is 0 Å². The fourth-order valence-electron chi connectivity index (χ4n) is 0.995. The maximum Gasteiger partial charge on any atom is 0.333 e. The standard InChI is InChI=1S/C11H21NO2/c1-10(2)11(13)14-9-7-5-6-8-12(3)4/h1,5-9H2,2-4H3. The topological polar surface area (TPSA) is 29.5 Å². The van der Waals surface area contributed by atoms with Gasteiger partial charge < -0.3 is 9.64 Å². The molecule has 0 fully saturated rings. The highest BCUT2D eigenvalue weighted by atomic mass is 16.5. The monoisotopic (exact) mass is 199 g/mol. The van der Waals surface area contributed by atoms with Gasteiger partial charge in [0.15, 0.2) is 0 Å². The van der Waals surface area contributed by atoms with Gasteiger partial charge in [-0.3, -0.25) is 0 Å². The fourth-order valence-corrected chi connectivity index (χ4v) is 0.995. The SMILES string of the molecule is C=C(C)C(=O)OCCCCCN(C)C. The van der Waals surface area contributed by atoms with E-state index in [2.05, 4.69) is 25.6 Å². The van der Waals surface area contributed by atoms with Gasteiger partial charge in [0, 0.05) is 5.57 Å². The zero-order chi connectivity index (χ0) is 11.0. The molecule has 0 N–H and O–H groups in total. The molecule has 0 aromatic heterocycles. The molecule has 0 heterocycles. The second kappa shape index (κ2) is 7.56. The summed E-state index contributed by atoms with van der Waals surface area (Å²) in [4.78, 5) is 13.1. The van der Waals surface area contributed by atoms with Crippen LogP contribution in [0.4, 0.5) is 0 Å². The van der Waals surface area contributed by atoms with Crippen LogP contribution in [0.1, 0.15) is 26.2 Å². The van der Waals surface area contributed by atoms with Crippen molar-refractivity contribution < 1.29 is 9.53 Å². The van der Waals surface area contributed by atoms with Crippen LogP contribution < -0.4 is 0 Å². The van der Waals surface area contributed by atoms with Crippen LogP contribution in [0.5, 0.6) is 0 Å². The molecule has 0 aromatic carbocycles. The fraction of sp³-hybridized carbons (Fsp3) is 0.727. The Kier molecular flexibility index (Phi) is 7.11. The summed E-state index contributed by atoms with van der Waals surface area (Å²) >= 11 is 0. The summed E-state index contributed by atoms with van der Waals surface area (Å²) in [5, 5.41) is 0. The van der Waals surface area contributed by atoms with Crippen molar-refractivity contribution in [3.05, 3.63) is 12.2 Å². The van der Waals surface area contributed by atoms with Crippen molar-refractivity contribution in [2.24, 2.45) is 0 Å². The van der Waals surface area contributed by atoms with E-state index in [0.717, 1.165) is 25.8 Å². The molecule has 14 heavy (non-hydrogen) atoms. The first kappa shape index (κ1) is 13.2. The summed E-state index contributed by atoms with van der Waals surface area (Å²) in [5.74, 6) is -0.280. The van der Waals surface area contributed by atoms with E-state index in [1.165, 1.54) is 0 Å². The number of hydrogen-bond donors (Lipinski definition) is 0. The molecule has 0 amide bonds. The van der Waals surface area contributed by atoms with E-state index in [4.69, 9.17) is 4.74 Å². The number of hydrogen-bond acceptors (Lipinski definition) is 3.